The molecule has 0 bridgehead atoms. The molecule has 0 aromatic carbocycles. The maximum Gasteiger partial charge on any atom is 0.321 e. The highest BCUT2D eigenvalue weighted by molar-refractivity contribution is 7.98. The van der Waals surface area contributed by atoms with Crippen molar-refractivity contribution in [2.45, 2.75) is 12.5 Å². The molecule has 0 saturated carbocycles. The van der Waals surface area contributed by atoms with E-state index >= 15 is 0 Å². The monoisotopic (exact) mass is 252 g/mol. The van der Waals surface area contributed by atoms with Crippen LogP contribution in [0.3, 0.4) is 0 Å². The van der Waals surface area contributed by atoms with Gasteiger partial charge in [-0.05, 0) is 18.4 Å². The van der Waals surface area contributed by atoms with Gasteiger partial charge in [-0.1, -0.05) is 0 Å². The van der Waals surface area contributed by atoms with Gasteiger partial charge in [-0.2, -0.15) is 17.0 Å². The minimum atomic E-state index is -3.81. The van der Waals surface area contributed by atoms with Gasteiger partial charge in [0.1, 0.15) is 6.04 Å². The molecule has 15 heavy (non-hydrogen) atoms. The molecule has 0 amide bonds. The van der Waals surface area contributed by atoms with Crippen LogP contribution in [0, 0.1) is 11.3 Å². The molecule has 0 aliphatic rings. The van der Waals surface area contributed by atoms with Gasteiger partial charge in [0.15, 0.2) is 5.75 Å². The zero-order valence-electron chi connectivity index (χ0n) is 8.13. The quantitative estimate of drug-likeness (QED) is 0.640. The summed E-state index contributed by atoms with van der Waals surface area (Å²) in [5.41, 5.74) is 0. The molecule has 0 aliphatic heterocycles. The highest BCUT2D eigenvalue weighted by Gasteiger charge is 2.23. The molecule has 0 unspecified atom stereocenters. The highest BCUT2D eigenvalue weighted by Crippen LogP contribution is 2.02. The lowest BCUT2D eigenvalue weighted by atomic mass is 10.2. The Bertz CT molecular complexity index is 346. The fraction of sp³-hybridized carbons (Fsp3) is 0.714. The molecule has 2 N–H and O–H groups in total. The predicted octanol–water partition coefficient (Wildman–Crippen LogP) is -0.364. The van der Waals surface area contributed by atoms with Gasteiger partial charge in [-0.15, -0.1) is 0 Å². The number of rotatable bonds is 7. The minimum Gasteiger partial charge on any atom is -0.480 e. The number of sulfonamides is 1. The van der Waals surface area contributed by atoms with E-state index in [4.69, 9.17) is 10.4 Å². The number of carboxylic acid groups (broad SMARTS) is 1. The van der Waals surface area contributed by atoms with Crippen LogP contribution in [0.2, 0.25) is 0 Å². The summed E-state index contributed by atoms with van der Waals surface area (Å²) in [4.78, 5) is 10.7. The summed E-state index contributed by atoms with van der Waals surface area (Å²) in [5.74, 6) is -1.42. The molecule has 0 aromatic heterocycles. The van der Waals surface area contributed by atoms with E-state index in [1.807, 2.05) is 4.72 Å². The van der Waals surface area contributed by atoms with Crippen molar-refractivity contribution in [1.29, 1.82) is 5.26 Å². The number of nitrogens with zero attached hydrogens (tertiary/aromatic N) is 1. The van der Waals surface area contributed by atoms with E-state index in [1.54, 1.807) is 6.26 Å². The summed E-state index contributed by atoms with van der Waals surface area (Å²) >= 11 is 1.42. The van der Waals surface area contributed by atoms with Gasteiger partial charge in [-0.25, -0.2) is 13.1 Å². The molecular weight excluding hydrogens is 240 g/mol. The third-order valence-corrected chi connectivity index (χ3v) is 3.28. The van der Waals surface area contributed by atoms with Crippen molar-refractivity contribution < 1.29 is 18.3 Å². The van der Waals surface area contributed by atoms with Gasteiger partial charge in [0.05, 0.1) is 6.07 Å². The van der Waals surface area contributed by atoms with Gasteiger partial charge in [-0.3, -0.25) is 4.79 Å². The van der Waals surface area contributed by atoms with E-state index in [9.17, 15) is 13.2 Å². The van der Waals surface area contributed by atoms with Crippen molar-refractivity contribution in [2.24, 2.45) is 0 Å². The third-order valence-electron chi connectivity index (χ3n) is 1.49. The van der Waals surface area contributed by atoms with Crippen LogP contribution in [0.15, 0.2) is 0 Å². The standard InChI is InChI=1S/C7H12N2O4S2/c1-14-4-2-6(7(10)11)9-15(12,13)5-3-8/h6,9H,2,4-5H2,1H3,(H,10,11)/t6-/m0/s1. The smallest absolute Gasteiger partial charge is 0.321 e. The Morgan fingerprint density at radius 1 is 1.67 bits per heavy atom. The molecule has 0 fully saturated rings. The second-order valence-electron chi connectivity index (χ2n) is 2.71. The lowest BCUT2D eigenvalue weighted by Gasteiger charge is -2.12. The second-order valence-corrected chi connectivity index (χ2v) is 5.45. The second kappa shape index (κ2) is 6.66. The van der Waals surface area contributed by atoms with Crippen LogP contribution in [0.25, 0.3) is 0 Å². The zero-order chi connectivity index (χ0) is 11.9. The molecule has 0 spiro atoms. The summed E-state index contributed by atoms with van der Waals surface area (Å²) in [6.45, 7) is 0. The first-order chi connectivity index (χ1) is 6.93. The summed E-state index contributed by atoms with van der Waals surface area (Å²) in [6.07, 6.45) is 1.99. The summed E-state index contributed by atoms with van der Waals surface area (Å²) in [7, 11) is -3.81. The Morgan fingerprint density at radius 3 is 2.67 bits per heavy atom. The van der Waals surface area contributed by atoms with Crippen LogP contribution in [-0.2, 0) is 14.8 Å². The fourth-order valence-corrected chi connectivity index (χ4v) is 2.19. The lowest BCUT2D eigenvalue weighted by molar-refractivity contribution is -0.139. The van der Waals surface area contributed by atoms with Gasteiger partial charge >= 0.3 is 5.97 Å². The van der Waals surface area contributed by atoms with Gasteiger partial charge < -0.3 is 5.11 Å². The maximum absolute atomic E-state index is 11.1. The molecule has 8 heteroatoms. The molecule has 0 aliphatic carbocycles. The SMILES string of the molecule is CSCC[C@H](NS(=O)(=O)CC#N)C(=O)O. The zero-order valence-corrected chi connectivity index (χ0v) is 9.77. The van der Waals surface area contributed by atoms with Crippen LogP contribution >= 0.6 is 11.8 Å². The number of nitrogens with one attached hydrogen (secondary N) is 1. The maximum atomic E-state index is 11.1. The van der Waals surface area contributed by atoms with Gasteiger partial charge in [0.2, 0.25) is 10.0 Å². The van der Waals surface area contributed by atoms with E-state index in [0.717, 1.165) is 0 Å². The number of hydrogen-bond acceptors (Lipinski definition) is 5. The predicted molar refractivity (Wildman–Crippen MR) is 57.0 cm³/mol. The number of carboxylic acids is 1. The Labute approximate surface area is 92.7 Å². The lowest BCUT2D eigenvalue weighted by Crippen LogP contribution is -2.42. The van der Waals surface area contributed by atoms with Crippen LogP contribution in [0.1, 0.15) is 6.42 Å². The topological polar surface area (TPSA) is 107 Å². The van der Waals surface area contributed by atoms with Gasteiger partial charge in [0, 0.05) is 0 Å². The van der Waals surface area contributed by atoms with Crippen molar-refractivity contribution in [1.82, 2.24) is 4.72 Å². The van der Waals surface area contributed by atoms with Crippen molar-refractivity contribution in [3.8, 4) is 6.07 Å². The first-order valence-electron chi connectivity index (χ1n) is 4.01. The Hall–Kier alpha value is -0.780. The normalized spacial score (nSPS) is 13.1. The van der Waals surface area contributed by atoms with Crippen molar-refractivity contribution in [3.63, 3.8) is 0 Å². The van der Waals surface area contributed by atoms with E-state index in [2.05, 4.69) is 0 Å². The first kappa shape index (κ1) is 14.2. The summed E-state index contributed by atoms with van der Waals surface area (Å²) in [5, 5.41) is 16.9. The number of thioether (sulfide) groups is 1. The molecule has 0 radical (unpaired) electrons. The molecule has 86 valence electrons. The molecular formula is C7H12N2O4S2. The van der Waals surface area contributed by atoms with E-state index in [0.29, 0.717) is 5.75 Å². The van der Waals surface area contributed by atoms with Crippen LogP contribution < -0.4 is 4.72 Å². The Balaban J connectivity index is 4.42. The first-order valence-corrected chi connectivity index (χ1v) is 7.06. The fourth-order valence-electron chi connectivity index (χ4n) is 0.812. The van der Waals surface area contributed by atoms with E-state index in [-0.39, 0.29) is 6.42 Å². The molecule has 0 heterocycles. The van der Waals surface area contributed by atoms with E-state index in [1.165, 1.54) is 17.8 Å². The number of hydrogen-bond donors (Lipinski definition) is 2. The number of nitriles is 1. The van der Waals surface area contributed by atoms with Crippen LogP contribution in [0.4, 0.5) is 0 Å². The van der Waals surface area contributed by atoms with Crippen molar-refractivity contribution >= 4 is 27.8 Å². The van der Waals surface area contributed by atoms with Crippen LogP contribution in [-0.4, -0.2) is 43.3 Å². The summed E-state index contributed by atoms with van der Waals surface area (Å²) in [6, 6.07) is 0.303. The Kier molecular flexibility index (Phi) is 6.31. The highest BCUT2D eigenvalue weighted by atomic mass is 32.2. The molecule has 6 nitrogen and oxygen atoms in total. The molecule has 0 rings (SSSR count). The van der Waals surface area contributed by atoms with Gasteiger partial charge in [0.25, 0.3) is 0 Å². The average molecular weight is 252 g/mol. The third kappa shape index (κ3) is 6.33. The summed E-state index contributed by atoms with van der Waals surface area (Å²) < 4.78 is 24.2. The van der Waals surface area contributed by atoms with Crippen LogP contribution in [0.5, 0.6) is 0 Å². The van der Waals surface area contributed by atoms with E-state index < -0.39 is 27.8 Å². The Morgan fingerprint density at radius 2 is 2.27 bits per heavy atom. The molecule has 1 atom stereocenters. The minimum absolute atomic E-state index is 0.196. The number of aliphatic carboxylic acids is 1. The molecule has 0 aromatic rings. The van der Waals surface area contributed by atoms with Crippen molar-refractivity contribution in [3.05, 3.63) is 0 Å². The average Bonchev–Trinajstić information content (AvgIpc) is 2.11. The molecule has 0 saturated heterocycles. The number of carbonyl (C=O) groups is 1. The largest absolute Gasteiger partial charge is 0.480 e. The van der Waals surface area contributed by atoms with Crippen molar-refractivity contribution in [2.75, 3.05) is 17.8 Å².